The third kappa shape index (κ3) is 2.63. The quantitative estimate of drug-likeness (QED) is 0.910. The van der Waals surface area contributed by atoms with E-state index in [2.05, 4.69) is 60.6 Å². The maximum atomic E-state index is 4.44. The Morgan fingerprint density at radius 3 is 2.60 bits per heavy atom. The van der Waals surface area contributed by atoms with Gasteiger partial charge in [0.15, 0.2) is 0 Å². The summed E-state index contributed by atoms with van der Waals surface area (Å²) in [5.41, 5.74) is 1.67. The van der Waals surface area contributed by atoms with Crippen molar-refractivity contribution in [2.24, 2.45) is 5.41 Å². The second-order valence-corrected chi connectivity index (χ2v) is 7.17. The van der Waals surface area contributed by atoms with Crippen LogP contribution in [0.2, 0.25) is 0 Å². The van der Waals surface area contributed by atoms with Crippen LogP contribution in [-0.2, 0) is 0 Å². The predicted molar refractivity (Wildman–Crippen MR) is 83.0 cm³/mol. The minimum Gasteiger partial charge on any atom is -0.304 e. The summed E-state index contributed by atoms with van der Waals surface area (Å²) in [6, 6.07) is 10.7. The standard InChI is InChI=1S/C16H21N3S/c1-4-17-13(11-8-6-5-7-9-11)15-19-18-14(20-15)12-10-16(12,2)3/h5-9,12-13,17H,4,10H2,1-3H3. The molecule has 20 heavy (non-hydrogen) atoms. The van der Waals surface area contributed by atoms with Gasteiger partial charge in [0.2, 0.25) is 0 Å². The molecular formula is C16H21N3S. The Hall–Kier alpha value is -1.26. The molecule has 0 radical (unpaired) electrons. The molecule has 2 atom stereocenters. The van der Waals surface area contributed by atoms with Gasteiger partial charge in [-0.3, -0.25) is 0 Å². The predicted octanol–water partition coefficient (Wildman–Crippen LogP) is 3.75. The van der Waals surface area contributed by atoms with Gasteiger partial charge in [0.05, 0.1) is 6.04 Å². The fourth-order valence-electron chi connectivity index (χ4n) is 2.59. The number of nitrogens with one attached hydrogen (secondary N) is 1. The number of hydrogen-bond donors (Lipinski definition) is 1. The van der Waals surface area contributed by atoms with Crippen molar-refractivity contribution in [1.82, 2.24) is 15.5 Å². The van der Waals surface area contributed by atoms with Crippen LogP contribution in [-0.4, -0.2) is 16.7 Å². The molecule has 1 aromatic carbocycles. The first-order chi connectivity index (χ1) is 9.62. The first-order valence-electron chi connectivity index (χ1n) is 7.23. The number of nitrogens with zero attached hydrogens (tertiary/aromatic N) is 2. The van der Waals surface area contributed by atoms with E-state index in [4.69, 9.17) is 0 Å². The van der Waals surface area contributed by atoms with Gasteiger partial charge in [-0.25, -0.2) is 0 Å². The maximum Gasteiger partial charge on any atom is 0.139 e. The lowest BCUT2D eigenvalue weighted by molar-refractivity contribution is 0.612. The van der Waals surface area contributed by atoms with Crippen LogP contribution >= 0.6 is 11.3 Å². The highest BCUT2D eigenvalue weighted by Crippen LogP contribution is 2.59. The molecule has 1 fully saturated rings. The zero-order valence-corrected chi connectivity index (χ0v) is 13.1. The monoisotopic (exact) mass is 287 g/mol. The lowest BCUT2D eigenvalue weighted by Crippen LogP contribution is -2.21. The molecule has 3 nitrogen and oxygen atoms in total. The first-order valence-corrected chi connectivity index (χ1v) is 8.05. The maximum absolute atomic E-state index is 4.44. The minimum absolute atomic E-state index is 0.161. The van der Waals surface area contributed by atoms with Crippen molar-refractivity contribution in [2.75, 3.05) is 6.54 Å². The number of benzene rings is 1. The molecule has 1 aliphatic carbocycles. The van der Waals surface area contributed by atoms with E-state index in [-0.39, 0.29) is 6.04 Å². The van der Waals surface area contributed by atoms with Crippen LogP contribution in [0.4, 0.5) is 0 Å². The highest BCUT2D eigenvalue weighted by molar-refractivity contribution is 7.11. The molecule has 1 aliphatic rings. The van der Waals surface area contributed by atoms with E-state index in [0.29, 0.717) is 11.3 Å². The van der Waals surface area contributed by atoms with E-state index in [1.165, 1.54) is 17.0 Å². The lowest BCUT2D eigenvalue weighted by atomic mass is 10.1. The zero-order valence-electron chi connectivity index (χ0n) is 12.3. The zero-order chi connectivity index (χ0) is 14.2. The Labute approximate surface area is 124 Å². The SMILES string of the molecule is CCNC(c1ccccc1)c1nnc(C2CC2(C)C)s1. The Bertz CT molecular complexity index is 576. The van der Waals surface area contributed by atoms with Crippen molar-refractivity contribution < 1.29 is 0 Å². The van der Waals surface area contributed by atoms with E-state index in [9.17, 15) is 0 Å². The summed E-state index contributed by atoms with van der Waals surface area (Å²) in [6.45, 7) is 7.65. The summed E-state index contributed by atoms with van der Waals surface area (Å²) in [7, 11) is 0. The molecule has 1 aromatic heterocycles. The number of aromatic nitrogens is 2. The fourth-order valence-corrected chi connectivity index (χ4v) is 3.85. The van der Waals surface area contributed by atoms with Crippen LogP contribution in [0, 0.1) is 5.41 Å². The van der Waals surface area contributed by atoms with E-state index >= 15 is 0 Å². The third-order valence-corrected chi connectivity index (χ3v) is 5.16. The highest BCUT2D eigenvalue weighted by atomic mass is 32.1. The molecule has 0 saturated heterocycles. The van der Waals surface area contributed by atoms with Crippen LogP contribution < -0.4 is 5.32 Å². The smallest absolute Gasteiger partial charge is 0.139 e. The van der Waals surface area contributed by atoms with Crippen molar-refractivity contribution in [3.8, 4) is 0 Å². The molecule has 1 saturated carbocycles. The van der Waals surface area contributed by atoms with Crippen LogP contribution in [0.25, 0.3) is 0 Å². The van der Waals surface area contributed by atoms with Gasteiger partial charge in [-0.15, -0.1) is 10.2 Å². The molecule has 3 rings (SSSR count). The lowest BCUT2D eigenvalue weighted by Gasteiger charge is -2.14. The van der Waals surface area contributed by atoms with Gasteiger partial charge in [0, 0.05) is 5.92 Å². The molecule has 0 bridgehead atoms. The van der Waals surface area contributed by atoms with Crippen LogP contribution in [0.15, 0.2) is 30.3 Å². The average molecular weight is 287 g/mol. The average Bonchev–Trinajstić information content (AvgIpc) is 2.89. The van der Waals surface area contributed by atoms with E-state index in [1.807, 2.05) is 6.07 Å². The second kappa shape index (κ2) is 5.26. The van der Waals surface area contributed by atoms with Gasteiger partial charge in [-0.2, -0.15) is 0 Å². The summed E-state index contributed by atoms with van der Waals surface area (Å²) in [4.78, 5) is 0. The van der Waals surface area contributed by atoms with Gasteiger partial charge in [-0.05, 0) is 23.9 Å². The summed E-state index contributed by atoms with van der Waals surface area (Å²) in [5.74, 6) is 0.604. The molecule has 106 valence electrons. The third-order valence-electron chi connectivity index (χ3n) is 4.06. The number of rotatable bonds is 5. The highest BCUT2D eigenvalue weighted by Gasteiger charge is 2.48. The summed E-state index contributed by atoms with van der Waals surface area (Å²) in [6.07, 6.45) is 1.23. The Kier molecular flexibility index (Phi) is 3.61. The second-order valence-electron chi connectivity index (χ2n) is 6.13. The van der Waals surface area contributed by atoms with Crippen molar-refractivity contribution in [3.63, 3.8) is 0 Å². The Morgan fingerprint density at radius 2 is 2.00 bits per heavy atom. The Morgan fingerprint density at radius 1 is 1.30 bits per heavy atom. The molecule has 1 heterocycles. The fraction of sp³-hybridized carbons (Fsp3) is 0.500. The summed E-state index contributed by atoms with van der Waals surface area (Å²) < 4.78 is 0. The summed E-state index contributed by atoms with van der Waals surface area (Å²) >= 11 is 1.76. The van der Waals surface area contributed by atoms with E-state index < -0.39 is 0 Å². The van der Waals surface area contributed by atoms with Gasteiger partial charge < -0.3 is 5.32 Å². The van der Waals surface area contributed by atoms with Crippen molar-refractivity contribution >= 4 is 11.3 Å². The molecule has 1 N–H and O–H groups in total. The van der Waals surface area contributed by atoms with Gasteiger partial charge in [-0.1, -0.05) is 62.4 Å². The van der Waals surface area contributed by atoms with Crippen molar-refractivity contribution in [1.29, 1.82) is 0 Å². The van der Waals surface area contributed by atoms with E-state index in [1.54, 1.807) is 11.3 Å². The molecule has 2 unspecified atom stereocenters. The Balaban J connectivity index is 1.85. The molecule has 4 heteroatoms. The molecule has 0 spiro atoms. The normalized spacial score (nSPS) is 21.6. The largest absolute Gasteiger partial charge is 0.304 e. The van der Waals surface area contributed by atoms with Crippen LogP contribution in [0.1, 0.15) is 54.7 Å². The molecule has 2 aromatic rings. The summed E-state index contributed by atoms with van der Waals surface area (Å²) in [5, 5.41) is 14.7. The van der Waals surface area contributed by atoms with Crippen molar-refractivity contribution in [2.45, 2.75) is 39.2 Å². The van der Waals surface area contributed by atoms with Gasteiger partial charge in [0.25, 0.3) is 0 Å². The topological polar surface area (TPSA) is 37.8 Å². The minimum atomic E-state index is 0.161. The first kappa shape index (κ1) is 13.7. The van der Waals surface area contributed by atoms with Crippen LogP contribution in [0.5, 0.6) is 0 Å². The van der Waals surface area contributed by atoms with Crippen LogP contribution in [0.3, 0.4) is 0 Å². The number of hydrogen-bond acceptors (Lipinski definition) is 4. The molecule has 0 amide bonds. The van der Waals surface area contributed by atoms with Crippen molar-refractivity contribution in [3.05, 3.63) is 45.9 Å². The van der Waals surface area contributed by atoms with E-state index in [0.717, 1.165) is 11.6 Å². The van der Waals surface area contributed by atoms with Gasteiger partial charge in [0.1, 0.15) is 10.0 Å². The molecular weight excluding hydrogens is 266 g/mol. The van der Waals surface area contributed by atoms with Gasteiger partial charge >= 0.3 is 0 Å². The molecule has 0 aliphatic heterocycles.